The maximum absolute atomic E-state index is 12.3. The van der Waals surface area contributed by atoms with E-state index in [0.717, 1.165) is 32.5 Å². The van der Waals surface area contributed by atoms with Crippen LogP contribution in [0.4, 0.5) is 0 Å². The SMILES string of the molecule is C[C@@H]1C[C@H]1C(=O)N1CC2(C1)OCC[C@@H]2COc1ccccn1. The highest BCUT2D eigenvalue weighted by Crippen LogP contribution is 2.45. The highest BCUT2D eigenvalue weighted by atomic mass is 16.5. The molecule has 5 heteroatoms. The summed E-state index contributed by atoms with van der Waals surface area (Å²) in [4.78, 5) is 18.4. The highest BCUT2D eigenvalue weighted by Gasteiger charge is 2.56. The minimum atomic E-state index is -0.178. The second-order valence-electron chi connectivity index (χ2n) is 6.89. The molecule has 4 rings (SSSR count). The van der Waals surface area contributed by atoms with E-state index in [-0.39, 0.29) is 11.5 Å². The van der Waals surface area contributed by atoms with Crippen molar-refractivity contribution in [3.8, 4) is 5.88 Å². The summed E-state index contributed by atoms with van der Waals surface area (Å²) in [7, 11) is 0. The van der Waals surface area contributed by atoms with Gasteiger partial charge in [-0.15, -0.1) is 0 Å². The number of carbonyl (C=O) groups excluding carboxylic acids is 1. The molecule has 1 saturated carbocycles. The maximum atomic E-state index is 12.3. The second-order valence-corrected chi connectivity index (χ2v) is 6.89. The summed E-state index contributed by atoms with van der Waals surface area (Å²) in [6.45, 7) is 4.97. The van der Waals surface area contributed by atoms with Crippen molar-refractivity contribution in [3.05, 3.63) is 24.4 Å². The molecule has 1 aromatic heterocycles. The van der Waals surface area contributed by atoms with Crippen molar-refractivity contribution in [1.29, 1.82) is 0 Å². The lowest BCUT2D eigenvalue weighted by molar-refractivity contribution is -0.168. The third-order valence-electron chi connectivity index (χ3n) is 5.33. The summed E-state index contributed by atoms with van der Waals surface area (Å²) in [6, 6.07) is 5.67. The minimum Gasteiger partial charge on any atom is -0.477 e. The van der Waals surface area contributed by atoms with E-state index in [1.165, 1.54) is 0 Å². The number of ether oxygens (including phenoxy) is 2. The van der Waals surface area contributed by atoms with Gasteiger partial charge in [-0.25, -0.2) is 4.98 Å². The molecule has 1 spiro atoms. The van der Waals surface area contributed by atoms with Crippen molar-refractivity contribution in [2.75, 3.05) is 26.3 Å². The molecule has 3 heterocycles. The Kier molecular flexibility index (Phi) is 3.33. The van der Waals surface area contributed by atoms with E-state index in [0.29, 0.717) is 30.2 Å². The number of hydrogen-bond acceptors (Lipinski definition) is 4. The average molecular weight is 302 g/mol. The van der Waals surface area contributed by atoms with Crippen LogP contribution in [0.1, 0.15) is 19.8 Å². The zero-order chi connectivity index (χ0) is 15.2. The summed E-state index contributed by atoms with van der Waals surface area (Å²) in [5.74, 6) is 2.15. The number of nitrogens with zero attached hydrogens (tertiary/aromatic N) is 2. The predicted octanol–water partition coefficient (Wildman–Crippen LogP) is 1.73. The molecule has 5 nitrogen and oxygen atoms in total. The normalized spacial score (nSPS) is 31.9. The highest BCUT2D eigenvalue weighted by molar-refractivity contribution is 5.82. The van der Waals surface area contributed by atoms with Gasteiger partial charge in [-0.3, -0.25) is 4.79 Å². The van der Waals surface area contributed by atoms with Gasteiger partial charge in [0.05, 0.1) is 19.7 Å². The number of aromatic nitrogens is 1. The average Bonchev–Trinajstić information content (AvgIpc) is 3.08. The van der Waals surface area contributed by atoms with Crippen LogP contribution in [0, 0.1) is 17.8 Å². The van der Waals surface area contributed by atoms with Gasteiger partial charge in [0.15, 0.2) is 0 Å². The van der Waals surface area contributed by atoms with Crippen molar-refractivity contribution in [3.63, 3.8) is 0 Å². The van der Waals surface area contributed by atoms with Gasteiger partial charge in [-0.05, 0) is 24.8 Å². The maximum Gasteiger partial charge on any atom is 0.226 e. The van der Waals surface area contributed by atoms with E-state index in [9.17, 15) is 4.79 Å². The Labute approximate surface area is 130 Å². The molecule has 1 aliphatic carbocycles. The minimum absolute atomic E-state index is 0.178. The molecule has 3 fully saturated rings. The van der Waals surface area contributed by atoms with Gasteiger partial charge in [0.1, 0.15) is 5.60 Å². The van der Waals surface area contributed by atoms with Crippen LogP contribution in [-0.2, 0) is 9.53 Å². The van der Waals surface area contributed by atoms with E-state index in [1.807, 2.05) is 23.1 Å². The molecule has 1 amide bonds. The molecule has 3 aliphatic rings. The smallest absolute Gasteiger partial charge is 0.226 e. The molecule has 0 N–H and O–H groups in total. The molecule has 0 aromatic carbocycles. The molecule has 0 bridgehead atoms. The third kappa shape index (κ3) is 2.37. The van der Waals surface area contributed by atoms with Crippen LogP contribution in [0.15, 0.2) is 24.4 Å². The van der Waals surface area contributed by atoms with Crippen LogP contribution in [0.25, 0.3) is 0 Å². The fourth-order valence-electron chi connectivity index (χ4n) is 3.64. The standard InChI is InChI=1S/C17H22N2O3/c1-12-8-14(12)16(20)19-10-17(11-19)13(5-7-22-17)9-21-15-4-2-3-6-18-15/h2-4,6,12-14H,5,7-11H2,1H3/t12-,13-,14-/m1/s1. The first-order chi connectivity index (χ1) is 10.7. The number of rotatable bonds is 4. The van der Waals surface area contributed by atoms with E-state index in [2.05, 4.69) is 11.9 Å². The van der Waals surface area contributed by atoms with Crippen molar-refractivity contribution in [2.45, 2.75) is 25.4 Å². The molecule has 118 valence electrons. The molecule has 22 heavy (non-hydrogen) atoms. The van der Waals surface area contributed by atoms with Gasteiger partial charge in [0, 0.05) is 30.7 Å². The van der Waals surface area contributed by atoms with Crippen molar-refractivity contribution < 1.29 is 14.3 Å². The van der Waals surface area contributed by atoms with E-state index in [4.69, 9.17) is 9.47 Å². The fraction of sp³-hybridized carbons (Fsp3) is 0.647. The van der Waals surface area contributed by atoms with Crippen LogP contribution in [0.5, 0.6) is 5.88 Å². The van der Waals surface area contributed by atoms with Gasteiger partial charge in [0.2, 0.25) is 11.8 Å². The Morgan fingerprint density at radius 2 is 2.32 bits per heavy atom. The molecule has 0 unspecified atom stereocenters. The first kappa shape index (κ1) is 14.0. The van der Waals surface area contributed by atoms with Crippen molar-refractivity contribution >= 4 is 5.91 Å². The molecule has 1 aromatic rings. The molecular weight excluding hydrogens is 280 g/mol. The molecule has 3 atom stereocenters. The molecule has 2 saturated heterocycles. The topological polar surface area (TPSA) is 51.7 Å². The second kappa shape index (κ2) is 5.23. The Hall–Kier alpha value is -1.62. The van der Waals surface area contributed by atoms with Crippen LogP contribution < -0.4 is 4.74 Å². The number of amides is 1. The summed E-state index contributed by atoms with van der Waals surface area (Å²) < 4.78 is 11.8. The largest absolute Gasteiger partial charge is 0.477 e. The van der Waals surface area contributed by atoms with Gasteiger partial charge in [-0.2, -0.15) is 0 Å². The summed E-state index contributed by atoms with van der Waals surface area (Å²) >= 11 is 0. The number of likely N-dealkylation sites (tertiary alicyclic amines) is 1. The van der Waals surface area contributed by atoms with Gasteiger partial charge >= 0.3 is 0 Å². The number of carbonyl (C=O) groups is 1. The lowest BCUT2D eigenvalue weighted by Crippen LogP contribution is -2.67. The first-order valence-corrected chi connectivity index (χ1v) is 8.14. The Bertz CT molecular complexity index is 556. The summed E-state index contributed by atoms with van der Waals surface area (Å²) in [6.07, 6.45) is 3.78. The van der Waals surface area contributed by atoms with Crippen LogP contribution in [0.2, 0.25) is 0 Å². The predicted molar refractivity (Wildman–Crippen MR) is 80.4 cm³/mol. The Morgan fingerprint density at radius 1 is 1.50 bits per heavy atom. The van der Waals surface area contributed by atoms with E-state index < -0.39 is 0 Å². The van der Waals surface area contributed by atoms with Gasteiger partial charge in [-0.1, -0.05) is 13.0 Å². The van der Waals surface area contributed by atoms with E-state index >= 15 is 0 Å². The van der Waals surface area contributed by atoms with E-state index in [1.54, 1.807) is 6.20 Å². The first-order valence-electron chi connectivity index (χ1n) is 8.14. The summed E-state index contributed by atoms with van der Waals surface area (Å²) in [5, 5.41) is 0. The zero-order valence-electron chi connectivity index (χ0n) is 12.9. The lowest BCUT2D eigenvalue weighted by atomic mass is 9.81. The monoisotopic (exact) mass is 302 g/mol. The Morgan fingerprint density at radius 3 is 3.00 bits per heavy atom. The van der Waals surface area contributed by atoms with Crippen molar-refractivity contribution in [1.82, 2.24) is 9.88 Å². The van der Waals surface area contributed by atoms with Crippen molar-refractivity contribution in [2.24, 2.45) is 17.8 Å². The quantitative estimate of drug-likeness (QED) is 0.850. The van der Waals surface area contributed by atoms with Crippen LogP contribution in [-0.4, -0.2) is 47.7 Å². The van der Waals surface area contributed by atoms with Gasteiger partial charge < -0.3 is 14.4 Å². The van der Waals surface area contributed by atoms with Crippen LogP contribution in [0.3, 0.4) is 0 Å². The number of hydrogen-bond donors (Lipinski definition) is 0. The zero-order valence-corrected chi connectivity index (χ0v) is 12.9. The fourth-order valence-corrected chi connectivity index (χ4v) is 3.64. The Balaban J connectivity index is 1.33. The molecule has 0 radical (unpaired) electrons. The summed E-state index contributed by atoms with van der Waals surface area (Å²) in [5.41, 5.74) is -0.178. The number of pyridine rings is 1. The van der Waals surface area contributed by atoms with Crippen LogP contribution >= 0.6 is 0 Å². The third-order valence-corrected chi connectivity index (χ3v) is 5.33. The van der Waals surface area contributed by atoms with Gasteiger partial charge in [0.25, 0.3) is 0 Å². The lowest BCUT2D eigenvalue weighted by Gasteiger charge is -2.50. The molecular formula is C17H22N2O3. The molecule has 2 aliphatic heterocycles.